The van der Waals surface area contributed by atoms with E-state index in [1.54, 1.807) is 14.0 Å². The first-order valence-electron chi connectivity index (χ1n) is 5.75. The van der Waals surface area contributed by atoms with E-state index in [0.717, 1.165) is 6.61 Å². The second kappa shape index (κ2) is 4.38. The molecule has 86 valence electrons. The Balaban J connectivity index is 2.29. The van der Waals surface area contributed by atoms with Gasteiger partial charge in [0.15, 0.2) is 0 Å². The second-order valence-electron chi connectivity index (χ2n) is 4.75. The average Bonchev–Trinajstić information content (AvgIpc) is 2.99. The topological polar surface area (TPSA) is 26.3 Å². The van der Waals surface area contributed by atoms with E-state index in [1.165, 1.54) is 24.0 Å². The van der Waals surface area contributed by atoms with Crippen molar-refractivity contribution in [3.63, 3.8) is 0 Å². The van der Waals surface area contributed by atoms with E-state index in [9.17, 15) is 4.79 Å². The monoisotopic (exact) mass is 218 g/mol. The third kappa shape index (κ3) is 2.17. The fourth-order valence-corrected chi connectivity index (χ4v) is 2.38. The van der Waals surface area contributed by atoms with Gasteiger partial charge < -0.3 is 4.74 Å². The molecule has 0 atom stereocenters. The quantitative estimate of drug-likeness (QED) is 0.759. The Morgan fingerprint density at radius 1 is 1.38 bits per heavy atom. The highest BCUT2D eigenvalue weighted by molar-refractivity contribution is 5.78. The van der Waals surface area contributed by atoms with Crippen LogP contribution in [0.3, 0.4) is 0 Å². The van der Waals surface area contributed by atoms with Gasteiger partial charge in [0.2, 0.25) is 0 Å². The lowest BCUT2D eigenvalue weighted by atomic mass is 9.90. The normalized spacial score (nSPS) is 17.1. The molecule has 1 aromatic rings. The minimum absolute atomic E-state index is 0.195. The molecule has 2 nitrogen and oxygen atoms in total. The first-order chi connectivity index (χ1) is 7.68. The first kappa shape index (κ1) is 11.3. The number of hydrogen-bond donors (Lipinski definition) is 0. The molecule has 2 heteroatoms. The van der Waals surface area contributed by atoms with Crippen LogP contribution in [0.5, 0.6) is 0 Å². The number of carbonyl (C=O) groups excluding carboxylic acids is 1. The summed E-state index contributed by atoms with van der Waals surface area (Å²) in [6, 6.07) is 8.26. The molecule has 1 saturated carbocycles. The summed E-state index contributed by atoms with van der Waals surface area (Å²) in [7, 11) is 1.74. The average molecular weight is 218 g/mol. The number of ketones is 1. The molecule has 0 unspecified atom stereocenters. The van der Waals surface area contributed by atoms with Crippen LogP contribution in [0.15, 0.2) is 24.3 Å². The van der Waals surface area contributed by atoms with Crippen LogP contribution < -0.4 is 0 Å². The van der Waals surface area contributed by atoms with Crippen LogP contribution in [0.1, 0.15) is 30.9 Å². The van der Waals surface area contributed by atoms with Gasteiger partial charge in [-0.1, -0.05) is 24.3 Å². The molecule has 2 rings (SSSR count). The number of benzene rings is 1. The maximum atomic E-state index is 11.2. The van der Waals surface area contributed by atoms with Gasteiger partial charge in [-0.3, -0.25) is 4.79 Å². The van der Waals surface area contributed by atoms with Gasteiger partial charge in [0.05, 0.1) is 6.61 Å². The number of methoxy groups -OCH3 is 1. The van der Waals surface area contributed by atoms with Crippen molar-refractivity contribution in [1.29, 1.82) is 0 Å². The molecule has 0 saturated heterocycles. The Kier molecular flexibility index (Phi) is 3.10. The van der Waals surface area contributed by atoms with Crippen LogP contribution in [0.2, 0.25) is 0 Å². The summed E-state index contributed by atoms with van der Waals surface area (Å²) in [5, 5.41) is 0. The summed E-state index contributed by atoms with van der Waals surface area (Å²) in [4.78, 5) is 11.2. The molecule has 0 spiro atoms. The van der Waals surface area contributed by atoms with Gasteiger partial charge in [-0.05, 0) is 30.9 Å². The predicted molar refractivity (Wildman–Crippen MR) is 63.6 cm³/mol. The molecular formula is C14H18O2. The van der Waals surface area contributed by atoms with Crippen molar-refractivity contribution in [2.24, 2.45) is 0 Å². The molecular weight excluding hydrogens is 200 g/mol. The van der Waals surface area contributed by atoms with Gasteiger partial charge >= 0.3 is 0 Å². The Hall–Kier alpha value is -1.15. The van der Waals surface area contributed by atoms with Gasteiger partial charge in [-0.2, -0.15) is 0 Å². The molecule has 0 heterocycles. The molecule has 16 heavy (non-hydrogen) atoms. The molecule has 0 amide bonds. The van der Waals surface area contributed by atoms with E-state index in [-0.39, 0.29) is 11.2 Å². The molecule has 0 aliphatic heterocycles. The minimum atomic E-state index is 0.195. The maximum Gasteiger partial charge on any atom is 0.134 e. The zero-order valence-corrected chi connectivity index (χ0v) is 9.95. The third-order valence-corrected chi connectivity index (χ3v) is 3.30. The van der Waals surface area contributed by atoms with E-state index in [0.29, 0.717) is 6.42 Å². The van der Waals surface area contributed by atoms with Crippen molar-refractivity contribution in [1.82, 2.24) is 0 Å². The van der Waals surface area contributed by atoms with E-state index < -0.39 is 0 Å². The zero-order valence-electron chi connectivity index (χ0n) is 9.95. The zero-order chi connectivity index (χ0) is 11.6. The van der Waals surface area contributed by atoms with Crippen molar-refractivity contribution >= 4 is 5.78 Å². The number of Topliss-reactive ketones (excluding diaryl/α,β-unsaturated/α-hetero) is 1. The molecule has 1 aromatic carbocycles. The predicted octanol–water partition coefficient (Wildman–Crippen LogP) is 2.50. The fourth-order valence-electron chi connectivity index (χ4n) is 2.38. The van der Waals surface area contributed by atoms with Crippen molar-refractivity contribution in [3.05, 3.63) is 35.4 Å². The molecule has 0 N–H and O–H groups in total. The Morgan fingerprint density at radius 2 is 2.06 bits per heavy atom. The minimum Gasteiger partial charge on any atom is -0.384 e. The van der Waals surface area contributed by atoms with Gasteiger partial charge in [-0.25, -0.2) is 0 Å². The van der Waals surface area contributed by atoms with Crippen molar-refractivity contribution in [2.45, 2.75) is 31.6 Å². The summed E-state index contributed by atoms with van der Waals surface area (Å²) in [5.74, 6) is 0.223. The molecule has 1 fully saturated rings. The van der Waals surface area contributed by atoms with Crippen molar-refractivity contribution in [3.8, 4) is 0 Å². The molecule has 0 bridgehead atoms. The lowest BCUT2D eigenvalue weighted by Gasteiger charge is -2.18. The summed E-state index contributed by atoms with van der Waals surface area (Å²) in [6.07, 6.45) is 2.90. The highest BCUT2D eigenvalue weighted by Gasteiger charge is 2.45. The van der Waals surface area contributed by atoms with Crippen LogP contribution in [0.25, 0.3) is 0 Å². The third-order valence-electron chi connectivity index (χ3n) is 3.30. The highest BCUT2D eigenvalue weighted by atomic mass is 16.5. The van der Waals surface area contributed by atoms with E-state index in [1.807, 2.05) is 6.07 Å². The van der Waals surface area contributed by atoms with Gasteiger partial charge in [0, 0.05) is 18.9 Å². The number of carbonyl (C=O) groups is 1. The standard InChI is InChI=1S/C14H18O2/c1-11(15)9-12-5-3-4-6-13(12)14(7-8-14)10-16-2/h3-6H,7-10H2,1-2H3. The summed E-state index contributed by atoms with van der Waals surface area (Å²) in [6.45, 7) is 2.41. The smallest absolute Gasteiger partial charge is 0.134 e. The lowest BCUT2D eigenvalue weighted by molar-refractivity contribution is -0.116. The fraction of sp³-hybridized carbons (Fsp3) is 0.500. The number of ether oxygens (including phenoxy) is 1. The van der Waals surface area contributed by atoms with Crippen LogP contribution in [0.4, 0.5) is 0 Å². The van der Waals surface area contributed by atoms with Crippen molar-refractivity contribution < 1.29 is 9.53 Å². The SMILES string of the molecule is COCC1(c2ccccc2CC(C)=O)CC1. The Bertz CT molecular complexity index is 391. The summed E-state index contributed by atoms with van der Waals surface area (Å²) in [5.41, 5.74) is 2.68. The van der Waals surface area contributed by atoms with E-state index in [4.69, 9.17) is 4.74 Å². The lowest BCUT2D eigenvalue weighted by Crippen LogP contribution is -2.17. The van der Waals surface area contributed by atoms with Gasteiger partial charge in [-0.15, -0.1) is 0 Å². The van der Waals surface area contributed by atoms with Crippen LogP contribution >= 0.6 is 0 Å². The van der Waals surface area contributed by atoms with Gasteiger partial charge in [0.25, 0.3) is 0 Å². The van der Waals surface area contributed by atoms with Crippen LogP contribution in [0, 0.1) is 0 Å². The van der Waals surface area contributed by atoms with E-state index >= 15 is 0 Å². The first-order valence-corrected chi connectivity index (χ1v) is 5.75. The molecule has 0 aromatic heterocycles. The van der Waals surface area contributed by atoms with Crippen LogP contribution in [-0.2, 0) is 21.4 Å². The number of hydrogen-bond acceptors (Lipinski definition) is 2. The van der Waals surface area contributed by atoms with Crippen LogP contribution in [-0.4, -0.2) is 19.5 Å². The maximum absolute atomic E-state index is 11.2. The molecule has 1 aliphatic rings. The largest absolute Gasteiger partial charge is 0.384 e. The van der Waals surface area contributed by atoms with E-state index in [2.05, 4.69) is 18.2 Å². The second-order valence-corrected chi connectivity index (χ2v) is 4.75. The molecule has 1 aliphatic carbocycles. The number of rotatable bonds is 5. The Morgan fingerprint density at radius 3 is 2.62 bits per heavy atom. The summed E-state index contributed by atoms with van der Waals surface area (Å²) >= 11 is 0. The highest BCUT2D eigenvalue weighted by Crippen LogP contribution is 2.49. The van der Waals surface area contributed by atoms with Gasteiger partial charge in [0.1, 0.15) is 5.78 Å². The Labute approximate surface area is 96.6 Å². The molecule has 0 radical (unpaired) electrons. The summed E-state index contributed by atoms with van der Waals surface area (Å²) < 4.78 is 5.30. The van der Waals surface area contributed by atoms with Crippen molar-refractivity contribution in [2.75, 3.05) is 13.7 Å².